The first-order valence-electron chi connectivity index (χ1n) is 21.4. The van der Waals surface area contributed by atoms with E-state index in [0.29, 0.717) is 24.5 Å². The Morgan fingerprint density at radius 3 is 2.23 bits per heavy atom. The Balaban J connectivity index is 1.51. The van der Waals surface area contributed by atoms with Gasteiger partial charge in [-0.15, -0.1) is 0 Å². The monoisotopic (exact) mass is 850 g/mol. The van der Waals surface area contributed by atoms with Crippen molar-refractivity contribution in [3.63, 3.8) is 0 Å². The van der Waals surface area contributed by atoms with Crippen LogP contribution in [0.3, 0.4) is 0 Å². The quantitative estimate of drug-likeness (QED) is 0.0762. The second-order valence-corrected chi connectivity index (χ2v) is 18.2. The summed E-state index contributed by atoms with van der Waals surface area (Å²) in [7, 11) is 0. The van der Waals surface area contributed by atoms with Crippen molar-refractivity contribution in [2.75, 3.05) is 0 Å². The van der Waals surface area contributed by atoms with Crippen LogP contribution in [0, 0.1) is 17.8 Å². The SMILES string of the molecule is CC[C@H](C)[C@H](NC(=O)C[C@H](O)[C@H](CC(C)C)NC(=O)[C@H](Cc1c[nH]cn1)NC(=O)[C@H](Cc1c[nH]c2ccccc12)NC(=O)OC(C)(C)C)C(=O)N[C@H]1CC(=O)N[C@H]1CC(C)C. The number of H-pyrrole nitrogens is 2. The molecule has 9 N–H and O–H groups in total. The summed E-state index contributed by atoms with van der Waals surface area (Å²) in [6.07, 6.45) is 3.90. The molecule has 0 bridgehead atoms. The van der Waals surface area contributed by atoms with E-state index in [1.54, 1.807) is 33.2 Å². The number of aromatic amines is 2. The number of carbonyl (C=O) groups is 6. The fourth-order valence-corrected chi connectivity index (χ4v) is 7.51. The molecule has 1 aromatic carbocycles. The van der Waals surface area contributed by atoms with Crippen LogP contribution in [-0.2, 0) is 41.6 Å². The molecule has 17 nitrogen and oxygen atoms in total. The molecule has 0 unspecified atom stereocenters. The van der Waals surface area contributed by atoms with Crippen molar-refractivity contribution >= 4 is 46.5 Å². The molecule has 3 aromatic rings. The van der Waals surface area contributed by atoms with E-state index >= 15 is 0 Å². The van der Waals surface area contributed by atoms with Gasteiger partial charge in [0.25, 0.3) is 0 Å². The molecule has 1 aliphatic rings. The van der Waals surface area contributed by atoms with Crippen LogP contribution in [0.4, 0.5) is 4.79 Å². The van der Waals surface area contributed by atoms with Crippen LogP contribution in [0.2, 0.25) is 0 Å². The molecule has 1 aliphatic heterocycles. The van der Waals surface area contributed by atoms with Crippen molar-refractivity contribution < 1.29 is 38.6 Å². The minimum atomic E-state index is -1.37. The van der Waals surface area contributed by atoms with Crippen molar-refractivity contribution in [3.05, 3.63) is 54.2 Å². The highest BCUT2D eigenvalue weighted by molar-refractivity contribution is 5.93. The topological polar surface area (TPSA) is 249 Å². The molecule has 1 fully saturated rings. The number of aliphatic hydroxyl groups is 1. The smallest absolute Gasteiger partial charge is 0.408 e. The van der Waals surface area contributed by atoms with Gasteiger partial charge < -0.3 is 51.7 Å². The van der Waals surface area contributed by atoms with E-state index < -0.39 is 78.1 Å². The van der Waals surface area contributed by atoms with Crippen LogP contribution < -0.4 is 31.9 Å². The normalized spacial score (nSPS) is 18.4. The second-order valence-electron chi connectivity index (χ2n) is 18.2. The van der Waals surface area contributed by atoms with Crippen molar-refractivity contribution in [1.82, 2.24) is 46.9 Å². The van der Waals surface area contributed by atoms with Crippen LogP contribution in [0.25, 0.3) is 10.9 Å². The molecule has 3 heterocycles. The number of amides is 6. The van der Waals surface area contributed by atoms with Crippen LogP contribution in [0.15, 0.2) is 43.0 Å². The number of hydrogen-bond donors (Lipinski definition) is 9. The van der Waals surface area contributed by atoms with E-state index in [9.17, 15) is 33.9 Å². The maximum atomic E-state index is 14.2. The average Bonchev–Trinajstić information content (AvgIpc) is 3.92. The number of ether oxygens (including phenoxy) is 1. The number of aromatic nitrogens is 3. The van der Waals surface area contributed by atoms with E-state index in [4.69, 9.17) is 4.74 Å². The fraction of sp³-hybridized carbons (Fsp3) is 0.614. The third-order valence-electron chi connectivity index (χ3n) is 10.7. The number of rotatable bonds is 21. The van der Waals surface area contributed by atoms with E-state index in [-0.39, 0.29) is 49.5 Å². The molecule has 336 valence electrons. The number of fused-ring (bicyclic) bond motifs is 1. The zero-order valence-electron chi connectivity index (χ0n) is 37.0. The highest BCUT2D eigenvalue weighted by Gasteiger charge is 2.37. The average molecular weight is 850 g/mol. The standard InChI is InChI=1S/C44H67N9O8/c1-10-26(6)39(42(59)49-32-19-37(55)48-31(32)15-24(2)3)53-38(56)20-36(54)33(16-25(4)5)50-41(58)35(18-28-22-45-23-47-28)51-40(57)34(52-43(60)61-44(7,8)9)17-27-21-46-30-14-12-11-13-29(27)30/h11-14,21-26,31-36,39,46,54H,10,15-20H2,1-9H3,(H,45,47)(H,48,55)(H,49,59)(H,50,58)(H,51,57)(H,52,60)(H,53,56)/t26-,31-,32-,33-,34-,35-,36-,39-/m0/s1. The number of benzene rings is 1. The first kappa shape index (κ1) is 48.2. The van der Waals surface area contributed by atoms with E-state index in [1.165, 1.54) is 6.33 Å². The lowest BCUT2D eigenvalue weighted by molar-refractivity contribution is -0.133. The highest BCUT2D eigenvalue weighted by atomic mass is 16.6. The van der Waals surface area contributed by atoms with Gasteiger partial charge in [0, 0.05) is 48.6 Å². The molecular weight excluding hydrogens is 783 g/mol. The number of para-hydroxylation sites is 1. The number of carbonyl (C=O) groups excluding carboxylic acids is 6. The number of aliphatic hydroxyl groups excluding tert-OH is 1. The van der Waals surface area contributed by atoms with Gasteiger partial charge in [0.1, 0.15) is 23.7 Å². The number of nitrogens with zero attached hydrogens (tertiary/aromatic N) is 1. The van der Waals surface area contributed by atoms with Gasteiger partial charge in [-0.1, -0.05) is 66.2 Å². The van der Waals surface area contributed by atoms with Crippen LogP contribution in [0.5, 0.6) is 0 Å². The minimum absolute atomic E-state index is 0.0267. The summed E-state index contributed by atoms with van der Waals surface area (Å²) >= 11 is 0. The van der Waals surface area contributed by atoms with E-state index in [1.807, 2.05) is 65.8 Å². The lowest BCUT2D eigenvalue weighted by atomic mass is 9.94. The van der Waals surface area contributed by atoms with Crippen molar-refractivity contribution in [2.45, 2.75) is 155 Å². The summed E-state index contributed by atoms with van der Waals surface area (Å²) in [6, 6.07) is 2.67. The van der Waals surface area contributed by atoms with Gasteiger partial charge in [0.05, 0.1) is 36.6 Å². The maximum Gasteiger partial charge on any atom is 0.408 e. The summed E-state index contributed by atoms with van der Waals surface area (Å²) in [5.74, 6) is -2.45. The third kappa shape index (κ3) is 14.9. The van der Waals surface area contributed by atoms with Gasteiger partial charge in [-0.25, -0.2) is 9.78 Å². The number of imidazole rings is 1. The Labute approximate surface area is 358 Å². The first-order chi connectivity index (χ1) is 28.7. The zero-order chi connectivity index (χ0) is 45.0. The van der Waals surface area contributed by atoms with Gasteiger partial charge >= 0.3 is 6.09 Å². The van der Waals surface area contributed by atoms with Gasteiger partial charge in [-0.2, -0.15) is 0 Å². The molecule has 2 aromatic heterocycles. The molecule has 4 rings (SSSR count). The Morgan fingerprint density at radius 1 is 0.902 bits per heavy atom. The largest absolute Gasteiger partial charge is 0.444 e. The Morgan fingerprint density at radius 2 is 1.59 bits per heavy atom. The van der Waals surface area contributed by atoms with Crippen LogP contribution in [0.1, 0.15) is 106 Å². The Bertz CT molecular complexity index is 1940. The summed E-state index contributed by atoms with van der Waals surface area (Å²) in [4.78, 5) is 91.2. The summed E-state index contributed by atoms with van der Waals surface area (Å²) < 4.78 is 5.49. The number of nitrogens with one attached hydrogen (secondary N) is 8. The molecule has 8 atom stereocenters. The first-order valence-corrected chi connectivity index (χ1v) is 21.4. The highest BCUT2D eigenvalue weighted by Crippen LogP contribution is 2.21. The van der Waals surface area contributed by atoms with Gasteiger partial charge in [-0.3, -0.25) is 24.0 Å². The predicted molar refractivity (Wildman–Crippen MR) is 231 cm³/mol. The van der Waals surface area contributed by atoms with E-state index in [2.05, 4.69) is 46.9 Å². The molecule has 0 radical (unpaired) electrons. The summed E-state index contributed by atoms with van der Waals surface area (Å²) in [5, 5.41) is 29.5. The molecular formula is C44H67N9O8. The van der Waals surface area contributed by atoms with Crippen molar-refractivity contribution in [1.29, 1.82) is 0 Å². The lowest BCUT2D eigenvalue weighted by Crippen LogP contribution is -2.58. The summed E-state index contributed by atoms with van der Waals surface area (Å²) in [6.45, 7) is 16.8. The van der Waals surface area contributed by atoms with E-state index in [0.717, 1.165) is 16.5 Å². The molecule has 1 saturated heterocycles. The van der Waals surface area contributed by atoms with Gasteiger partial charge in [0.2, 0.25) is 29.5 Å². The number of hydrogen-bond acceptors (Lipinski definition) is 9. The fourth-order valence-electron chi connectivity index (χ4n) is 7.51. The Kier molecular flexibility index (Phi) is 17.3. The molecule has 0 aliphatic carbocycles. The number of alkyl carbamates (subject to hydrolysis) is 1. The molecule has 61 heavy (non-hydrogen) atoms. The molecule has 6 amide bonds. The molecule has 0 spiro atoms. The summed E-state index contributed by atoms with van der Waals surface area (Å²) in [5.41, 5.74) is 1.23. The van der Waals surface area contributed by atoms with Crippen molar-refractivity contribution in [2.24, 2.45) is 17.8 Å². The molecule has 0 saturated carbocycles. The maximum absolute atomic E-state index is 14.2. The predicted octanol–water partition coefficient (Wildman–Crippen LogP) is 3.29. The van der Waals surface area contributed by atoms with Crippen molar-refractivity contribution in [3.8, 4) is 0 Å². The lowest BCUT2D eigenvalue weighted by Gasteiger charge is -2.30. The second kappa shape index (κ2) is 21.9. The molecule has 17 heteroatoms. The van der Waals surface area contributed by atoms with Crippen LogP contribution >= 0.6 is 0 Å². The minimum Gasteiger partial charge on any atom is -0.444 e. The van der Waals surface area contributed by atoms with Gasteiger partial charge in [0.15, 0.2) is 0 Å². The Hall–Kier alpha value is -5.45. The zero-order valence-corrected chi connectivity index (χ0v) is 37.0. The third-order valence-corrected chi connectivity index (χ3v) is 10.7. The van der Waals surface area contributed by atoms with Crippen LogP contribution in [-0.4, -0.2) is 104 Å². The van der Waals surface area contributed by atoms with Gasteiger partial charge in [-0.05, 0) is 63.0 Å².